The lowest BCUT2D eigenvalue weighted by Gasteiger charge is -2.15. The maximum atomic E-state index is 5.46. The van der Waals surface area contributed by atoms with E-state index in [2.05, 4.69) is 234 Å². The first-order valence-electron chi connectivity index (χ1n) is 20.9. The fourth-order valence-electron chi connectivity index (χ4n) is 9.11. The molecule has 5 heteroatoms. The predicted molar refractivity (Wildman–Crippen MR) is 256 cm³/mol. The Morgan fingerprint density at radius 3 is 1.19 bits per heavy atom. The van der Waals surface area contributed by atoms with Crippen molar-refractivity contribution in [2.75, 3.05) is 0 Å². The van der Waals surface area contributed by atoms with Gasteiger partial charge in [-0.05, 0) is 80.9 Å². The monoisotopic (exact) mass is 791 g/mol. The van der Waals surface area contributed by atoms with Gasteiger partial charge in [-0.15, -0.1) is 0 Å². The van der Waals surface area contributed by atoms with Crippen molar-refractivity contribution >= 4 is 43.6 Å². The third-order valence-electron chi connectivity index (χ3n) is 12.0. The van der Waals surface area contributed by atoms with Crippen molar-refractivity contribution in [3.63, 3.8) is 0 Å². The number of hydrogen-bond donors (Lipinski definition) is 0. The van der Waals surface area contributed by atoms with Gasteiger partial charge in [0.15, 0.2) is 5.82 Å². The topological polar surface area (TPSA) is 48.5 Å². The zero-order valence-corrected chi connectivity index (χ0v) is 33.6. The average Bonchev–Trinajstić information content (AvgIpc) is 3.87. The SMILES string of the molecule is c1ccc(-c2cccc(-c3cccc(-c4ccccc4-c4nc(-n5c6ccccc6c6ccccc65)nc(-n5c6ccccc6c6ccc(-c7ccccc7)cc65)n4)c3)c2)cc1. The normalized spacial score (nSPS) is 11.5. The molecule has 3 heterocycles. The molecule has 12 aromatic rings. The van der Waals surface area contributed by atoms with Crippen LogP contribution in [0.2, 0.25) is 0 Å². The third kappa shape index (κ3) is 5.98. The molecule has 0 N–H and O–H groups in total. The van der Waals surface area contributed by atoms with Gasteiger partial charge in [-0.2, -0.15) is 15.0 Å². The summed E-state index contributed by atoms with van der Waals surface area (Å²) in [5.74, 6) is 1.68. The highest BCUT2D eigenvalue weighted by Gasteiger charge is 2.22. The van der Waals surface area contributed by atoms with E-state index in [-0.39, 0.29) is 0 Å². The molecular weight excluding hydrogens is 755 g/mol. The minimum absolute atomic E-state index is 0.546. The Morgan fingerprint density at radius 2 is 0.629 bits per heavy atom. The van der Waals surface area contributed by atoms with Crippen molar-refractivity contribution < 1.29 is 0 Å². The van der Waals surface area contributed by atoms with E-state index in [1.54, 1.807) is 0 Å². The molecule has 0 amide bonds. The van der Waals surface area contributed by atoms with E-state index >= 15 is 0 Å². The van der Waals surface area contributed by atoms with Crippen molar-refractivity contribution in [1.82, 2.24) is 24.1 Å². The van der Waals surface area contributed by atoms with Gasteiger partial charge in [0.25, 0.3) is 0 Å². The first-order valence-corrected chi connectivity index (χ1v) is 20.9. The minimum Gasteiger partial charge on any atom is -0.278 e. The Bertz CT molecular complexity index is 3590. The molecule has 0 bridgehead atoms. The number of hydrogen-bond acceptors (Lipinski definition) is 3. The number of benzene rings is 9. The molecule has 0 saturated heterocycles. The number of aromatic nitrogens is 5. The Balaban J connectivity index is 1.10. The molecule has 0 saturated carbocycles. The van der Waals surface area contributed by atoms with E-state index in [1.165, 1.54) is 11.1 Å². The largest absolute Gasteiger partial charge is 0.278 e. The summed E-state index contributed by atoms with van der Waals surface area (Å²) >= 11 is 0. The van der Waals surface area contributed by atoms with Crippen LogP contribution in [0.5, 0.6) is 0 Å². The molecule has 0 atom stereocenters. The second kappa shape index (κ2) is 14.7. The summed E-state index contributed by atoms with van der Waals surface area (Å²) in [4.78, 5) is 16.3. The Hall–Kier alpha value is -8.41. The summed E-state index contributed by atoms with van der Waals surface area (Å²) in [6.45, 7) is 0. The molecule has 62 heavy (non-hydrogen) atoms. The van der Waals surface area contributed by atoms with Gasteiger partial charge in [0.1, 0.15) is 0 Å². The van der Waals surface area contributed by atoms with Crippen molar-refractivity contribution in [3.05, 3.63) is 224 Å². The van der Waals surface area contributed by atoms with Crippen LogP contribution in [0, 0.1) is 0 Å². The summed E-state index contributed by atoms with van der Waals surface area (Å²) in [6, 6.07) is 79.3. The molecule has 9 aromatic carbocycles. The highest BCUT2D eigenvalue weighted by atomic mass is 15.3. The molecule has 0 spiro atoms. The molecule has 0 radical (unpaired) electrons. The second-order valence-corrected chi connectivity index (χ2v) is 15.7. The standard InChI is InChI=1S/C57H37N5/c1-3-17-38(18-4-1)40-21-15-22-41(35-40)42-23-16-24-44(36-42)45-25-7-8-29-50(45)55-58-56(61-51-30-12-9-26-46(51)47-27-10-13-31-52(47)61)60-57(59-55)62-53-32-14-11-28-48(53)49-34-33-43(37-54(49)62)39-19-5-2-6-20-39/h1-37H. The maximum Gasteiger partial charge on any atom is 0.240 e. The minimum atomic E-state index is 0.546. The van der Waals surface area contributed by atoms with Gasteiger partial charge in [0, 0.05) is 27.1 Å². The average molecular weight is 792 g/mol. The zero-order chi connectivity index (χ0) is 41.0. The summed E-state index contributed by atoms with van der Waals surface area (Å²) < 4.78 is 4.40. The fourth-order valence-corrected chi connectivity index (χ4v) is 9.11. The first-order chi connectivity index (χ1) is 30.7. The van der Waals surface area contributed by atoms with Gasteiger partial charge >= 0.3 is 0 Å². The van der Waals surface area contributed by atoms with E-state index in [4.69, 9.17) is 15.0 Å². The van der Waals surface area contributed by atoms with Gasteiger partial charge in [-0.1, -0.05) is 188 Å². The smallest absolute Gasteiger partial charge is 0.240 e. The first kappa shape index (κ1) is 35.5. The molecule has 0 aliphatic heterocycles. The van der Waals surface area contributed by atoms with E-state index in [1.807, 2.05) is 0 Å². The van der Waals surface area contributed by atoms with Gasteiger partial charge in [-0.25, -0.2) is 0 Å². The highest BCUT2D eigenvalue weighted by Crippen LogP contribution is 2.38. The summed E-state index contributed by atoms with van der Waals surface area (Å²) in [5.41, 5.74) is 14.1. The number of fused-ring (bicyclic) bond motifs is 6. The van der Waals surface area contributed by atoms with Crippen LogP contribution in [0.15, 0.2) is 224 Å². The maximum absolute atomic E-state index is 5.46. The van der Waals surface area contributed by atoms with Crippen LogP contribution in [0.4, 0.5) is 0 Å². The zero-order valence-electron chi connectivity index (χ0n) is 33.6. The fraction of sp³-hybridized carbons (Fsp3) is 0. The lowest BCUT2D eigenvalue weighted by Crippen LogP contribution is -2.10. The highest BCUT2D eigenvalue weighted by molar-refractivity contribution is 6.11. The predicted octanol–water partition coefficient (Wildman–Crippen LogP) is 14.4. The van der Waals surface area contributed by atoms with Gasteiger partial charge < -0.3 is 0 Å². The molecule has 0 aliphatic rings. The lowest BCUT2D eigenvalue weighted by atomic mass is 9.94. The van der Waals surface area contributed by atoms with E-state index in [0.29, 0.717) is 17.7 Å². The van der Waals surface area contributed by atoms with E-state index in [9.17, 15) is 0 Å². The van der Waals surface area contributed by atoms with Crippen LogP contribution in [-0.4, -0.2) is 24.1 Å². The van der Waals surface area contributed by atoms with Crippen molar-refractivity contribution in [3.8, 4) is 67.8 Å². The summed E-state index contributed by atoms with van der Waals surface area (Å²) in [6.07, 6.45) is 0. The summed E-state index contributed by atoms with van der Waals surface area (Å²) in [5, 5.41) is 4.55. The Labute approximate surface area is 358 Å². The third-order valence-corrected chi connectivity index (χ3v) is 12.0. The number of nitrogens with zero attached hydrogens (tertiary/aromatic N) is 5. The van der Waals surface area contributed by atoms with E-state index in [0.717, 1.165) is 82.6 Å². The van der Waals surface area contributed by atoms with Crippen molar-refractivity contribution in [2.45, 2.75) is 0 Å². The van der Waals surface area contributed by atoms with Crippen LogP contribution in [0.3, 0.4) is 0 Å². The van der Waals surface area contributed by atoms with Crippen LogP contribution >= 0.6 is 0 Å². The molecular formula is C57H37N5. The molecule has 5 nitrogen and oxygen atoms in total. The molecule has 0 fully saturated rings. The second-order valence-electron chi connectivity index (χ2n) is 15.7. The Morgan fingerprint density at radius 1 is 0.242 bits per heavy atom. The van der Waals surface area contributed by atoms with Gasteiger partial charge in [0.05, 0.1) is 22.1 Å². The number of para-hydroxylation sites is 3. The molecule has 0 unspecified atom stereocenters. The van der Waals surface area contributed by atoms with E-state index < -0.39 is 0 Å². The van der Waals surface area contributed by atoms with Crippen molar-refractivity contribution in [2.24, 2.45) is 0 Å². The van der Waals surface area contributed by atoms with Crippen LogP contribution < -0.4 is 0 Å². The molecule has 0 aliphatic carbocycles. The molecule has 12 rings (SSSR count). The number of rotatable bonds is 7. The van der Waals surface area contributed by atoms with Gasteiger partial charge in [-0.3, -0.25) is 9.13 Å². The Kier molecular flexibility index (Phi) is 8.42. The summed E-state index contributed by atoms with van der Waals surface area (Å²) in [7, 11) is 0. The lowest BCUT2D eigenvalue weighted by molar-refractivity contribution is 0.893. The van der Waals surface area contributed by atoms with Crippen LogP contribution in [-0.2, 0) is 0 Å². The van der Waals surface area contributed by atoms with Crippen LogP contribution in [0.25, 0.3) is 111 Å². The quantitative estimate of drug-likeness (QED) is 0.162. The van der Waals surface area contributed by atoms with Crippen molar-refractivity contribution in [1.29, 1.82) is 0 Å². The van der Waals surface area contributed by atoms with Crippen LogP contribution in [0.1, 0.15) is 0 Å². The molecule has 290 valence electrons. The van der Waals surface area contributed by atoms with Gasteiger partial charge in [0.2, 0.25) is 11.9 Å². The molecule has 3 aromatic heterocycles.